The molecule has 8 atom stereocenters. The van der Waals surface area contributed by atoms with Crippen molar-refractivity contribution in [2.75, 3.05) is 6.61 Å². The van der Waals surface area contributed by atoms with Gasteiger partial charge < -0.3 is 10.5 Å². The van der Waals surface area contributed by atoms with E-state index >= 15 is 0 Å². The van der Waals surface area contributed by atoms with Crippen LogP contribution in [0.2, 0.25) is 0 Å². The number of fused-ring (bicyclic) bond motifs is 5. The SMILES string of the molecule is CC(C)CCC[C@@H](C)[C@H]1CC[C@H]2[C@@H]3COC(=O)[C@H]4C/C(=N/NC(N)=S)CC[C@]4(C)[C@H]3CC[C@]12C. The van der Waals surface area contributed by atoms with Crippen LogP contribution in [0.3, 0.4) is 0 Å². The molecular formula is C28H47N3O2S. The van der Waals surface area contributed by atoms with Crippen LogP contribution in [0.1, 0.15) is 98.8 Å². The van der Waals surface area contributed by atoms with Gasteiger partial charge in [-0.3, -0.25) is 10.2 Å². The molecule has 0 aromatic heterocycles. The molecule has 4 aliphatic rings. The van der Waals surface area contributed by atoms with Crippen LogP contribution in [0, 0.1) is 52.3 Å². The van der Waals surface area contributed by atoms with Gasteiger partial charge in [0.05, 0.1) is 12.5 Å². The van der Waals surface area contributed by atoms with E-state index in [4.69, 9.17) is 22.7 Å². The van der Waals surface area contributed by atoms with Gasteiger partial charge in [-0.2, -0.15) is 5.10 Å². The molecule has 0 spiro atoms. The molecule has 4 rings (SSSR count). The maximum atomic E-state index is 13.3. The van der Waals surface area contributed by atoms with Crippen molar-refractivity contribution in [3.05, 3.63) is 0 Å². The molecule has 3 saturated carbocycles. The van der Waals surface area contributed by atoms with E-state index in [-0.39, 0.29) is 22.4 Å². The molecule has 1 aliphatic heterocycles. The minimum absolute atomic E-state index is 0.0111. The Morgan fingerprint density at radius 3 is 2.59 bits per heavy atom. The van der Waals surface area contributed by atoms with Gasteiger partial charge in [0.15, 0.2) is 5.11 Å². The number of cyclic esters (lactones) is 1. The van der Waals surface area contributed by atoms with Gasteiger partial charge in [0.2, 0.25) is 0 Å². The van der Waals surface area contributed by atoms with E-state index in [1.165, 1.54) is 44.9 Å². The van der Waals surface area contributed by atoms with Crippen molar-refractivity contribution in [1.29, 1.82) is 0 Å². The zero-order chi connectivity index (χ0) is 24.7. The standard InChI is InChI=1S/C28H47N3O2S/c1-17(2)7-6-8-18(3)21-9-10-22-20-16-33-25(32)24-15-19(30-31-26(29)34)11-13-28(24,5)23(20)12-14-27(21,22)4/h17-18,20-24H,6-16H2,1-5H3,(H3,29,31,34)/b30-19+/t18-,20+,21-,22+,23+,24-,27-,28-/m1/s1. The number of esters is 1. The fourth-order valence-corrected chi connectivity index (χ4v) is 8.88. The molecule has 34 heavy (non-hydrogen) atoms. The number of ether oxygens (including phenoxy) is 1. The summed E-state index contributed by atoms with van der Waals surface area (Å²) in [4.78, 5) is 13.3. The Kier molecular flexibility index (Phi) is 7.67. The van der Waals surface area contributed by atoms with Gasteiger partial charge in [-0.05, 0) is 97.1 Å². The molecule has 192 valence electrons. The lowest BCUT2D eigenvalue weighted by molar-refractivity contribution is -0.151. The van der Waals surface area contributed by atoms with Crippen LogP contribution < -0.4 is 11.2 Å². The number of nitrogens with zero attached hydrogens (tertiary/aromatic N) is 1. The molecule has 0 bridgehead atoms. The molecule has 0 aromatic rings. The number of hydrogen-bond donors (Lipinski definition) is 2. The van der Waals surface area contributed by atoms with Gasteiger partial charge in [0.25, 0.3) is 0 Å². The van der Waals surface area contributed by atoms with Crippen LogP contribution in [-0.2, 0) is 9.53 Å². The molecular weight excluding hydrogens is 442 g/mol. The Hall–Kier alpha value is -1.17. The molecule has 3 N–H and O–H groups in total. The average Bonchev–Trinajstić information content (AvgIpc) is 3.08. The molecule has 4 fully saturated rings. The third-order valence-electron chi connectivity index (χ3n) is 10.7. The molecule has 1 saturated heterocycles. The number of nitrogens with two attached hydrogens (primary N) is 1. The zero-order valence-corrected chi connectivity index (χ0v) is 22.9. The van der Waals surface area contributed by atoms with E-state index in [2.05, 4.69) is 45.1 Å². The Bertz CT molecular complexity index is 813. The summed E-state index contributed by atoms with van der Waals surface area (Å²) in [5.41, 5.74) is 9.66. The lowest BCUT2D eigenvalue weighted by Crippen LogP contribution is -2.51. The van der Waals surface area contributed by atoms with Gasteiger partial charge in [-0.15, -0.1) is 0 Å². The Balaban J connectivity index is 1.51. The topological polar surface area (TPSA) is 76.7 Å². The van der Waals surface area contributed by atoms with Gasteiger partial charge in [-0.1, -0.05) is 53.9 Å². The van der Waals surface area contributed by atoms with Crippen molar-refractivity contribution in [1.82, 2.24) is 5.43 Å². The lowest BCUT2D eigenvalue weighted by atomic mass is 9.49. The van der Waals surface area contributed by atoms with Gasteiger partial charge in [-0.25, -0.2) is 0 Å². The van der Waals surface area contributed by atoms with Crippen LogP contribution in [0.15, 0.2) is 5.10 Å². The smallest absolute Gasteiger partial charge is 0.309 e. The number of thiocarbonyl (C=S) groups is 1. The van der Waals surface area contributed by atoms with E-state index in [0.29, 0.717) is 36.2 Å². The molecule has 1 heterocycles. The molecule has 0 radical (unpaired) electrons. The van der Waals surface area contributed by atoms with E-state index in [0.717, 1.165) is 36.3 Å². The van der Waals surface area contributed by atoms with Crippen molar-refractivity contribution in [3.63, 3.8) is 0 Å². The zero-order valence-electron chi connectivity index (χ0n) is 22.1. The number of rotatable bonds is 6. The Morgan fingerprint density at radius 2 is 1.88 bits per heavy atom. The first-order valence-corrected chi connectivity index (χ1v) is 14.2. The number of hydrazone groups is 1. The highest BCUT2D eigenvalue weighted by Gasteiger charge is 2.61. The van der Waals surface area contributed by atoms with Crippen LogP contribution in [0.25, 0.3) is 0 Å². The highest BCUT2D eigenvalue weighted by Crippen LogP contribution is 2.66. The highest BCUT2D eigenvalue weighted by atomic mass is 32.1. The van der Waals surface area contributed by atoms with Crippen LogP contribution in [-0.4, -0.2) is 23.4 Å². The van der Waals surface area contributed by atoms with Gasteiger partial charge >= 0.3 is 5.97 Å². The summed E-state index contributed by atoms with van der Waals surface area (Å²) in [5, 5.41) is 4.57. The first-order chi connectivity index (χ1) is 16.1. The number of hydrogen-bond acceptors (Lipinski definition) is 4. The van der Waals surface area contributed by atoms with Crippen molar-refractivity contribution in [2.45, 2.75) is 98.8 Å². The number of nitrogens with one attached hydrogen (secondary N) is 1. The maximum Gasteiger partial charge on any atom is 0.309 e. The second kappa shape index (κ2) is 10.1. The van der Waals surface area contributed by atoms with E-state index in [1.54, 1.807) is 0 Å². The largest absolute Gasteiger partial charge is 0.465 e. The summed E-state index contributed by atoms with van der Waals surface area (Å²) < 4.78 is 6.06. The Morgan fingerprint density at radius 1 is 1.15 bits per heavy atom. The summed E-state index contributed by atoms with van der Waals surface area (Å²) >= 11 is 4.91. The summed E-state index contributed by atoms with van der Waals surface area (Å²) in [6.45, 7) is 12.8. The summed E-state index contributed by atoms with van der Waals surface area (Å²) in [6, 6.07) is 0. The average molecular weight is 490 g/mol. The maximum absolute atomic E-state index is 13.3. The Labute approximate surface area is 212 Å². The first kappa shape index (κ1) is 25.9. The lowest BCUT2D eigenvalue weighted by Gasteiger charge is -2.55. The summed E-state index contributed by atoms with van der Waals surface area (Å²) in [5.74, 6) is 4.01. The number of carbonyl (C=O) groups is 1. The van der Waals surface area contributed by atoms with Crippen LogP contribution in [0.5, 0.6) is 0 Å². The normalized spacial score (nSPS) is 41.8. The van der Waals surface area contributed by atoms with E-state index in [1.807, 2.05) is 0 Å². The second-order valence-electron chi connectivity index (χ2n) is 13.0. The fraction of sp³-hybridized carbons (Fsp3) is 0.893. The van der Waals surface area contributed by atoms with Crippen molar-refractivity contribution >= 4 is 29.0 Å². The molecule has 6 heteroatoms. The predicted octanol–water partition coefficient (Wildman–Crippen LogP) is 6.06. The summed E-state index contributed by atoms with van der Waals surface area (Å²) in [7, 11) is 0. The second-order valence-corrected chi connectivity index (χ2v) is 13.4. The highest BCUT2D eigenvalue weighted by molar-refractivity contribution is 7.80. The van der Waals surface area contributed by atoms with Crippen LogP contribution in [0.4, 0.5) is 0 Å². The third kappa shape index (κ3) is 4.77. The first-order valence-electron chi connectivity index (χ1n) is 13.8. The third-order valence-corrected chi connectivity index (χ3v) is 10.8. The van der Waals surface area contributed by atoms with E-state index < -0.39 is 0 Å². The van der Waals surface area contributed by atoms with Crippen molar-refractivity contribution in [2.24, 2.45) is 63.1 Å². The molecule has 0 amide bonds. The van der Waals surface area contributed by atoms with Gasteiger partial charge in [0, 0.05) is 12.1 Å². The summed E-state index contributed by atoms with van der Waals surface area (Å²) in [6.07, 6.45) is 11.8. The van der Waals surface area contributed by atoms with Gasteiger partial charge in [0.1, 0.15) is 0 Å². The molecule has 0 aromatic carbocycles. The molecule has 3 aliphatic carbocycles. The minimum atomic E-state index is -0.111. The predicted molar refractivity (Wildman–Crippen MR) is 142 cm³/mol. The molecule has 5 nitrogen and oxygen atoms in total. The van der Waals surface area contributed by atoms with E-state index in [9.17, 15) is 4.79 Å². The van der Waals surface area contributed by atoms with Crippen molar-refractivity contribution < 1.29 is 9.53 Å². The quantitative estimate of drug-likeness (QED) is 0.269. The molecule has 0 unspecified atom stereocenters. The monoisotopic (exact) mass is 489 g/mol. The van der Waals surface area contributed by atoms with Crippen molar-refractivity contribution in [3.8, 4) is 0 Å². The fourth-order valence-electron chi connectivity index (χ4n) is 8.83. The van der Waals surface area contributed by atoms with Crippen LogP contribution >= 0.6 is 12.2 Å². The minimum Gasteiger partial charge on any atom is -0.465 e. The number of carbonyl (C=O) groups excluding carboxylic acids is 1.